The molecular formula is C34H55NO9S. The van der Waals surface area contributed by atoms with E-state index in [1.807, 2.05) is 65.0 Å². The molecule has 0 aliphatic rings. The van der Waals surface area contributed by atoms with Crippen LogP contribution in [0.4, 0.5) is 0 Å². The molecule has 2 rings (SSSR count). The predicted molar refractivity (Wildman–Crippen MR) is 178 cm³/mol. The van der Waals surface area contributed by atoms with Crippen molar-refractivity contribution in [1.29, 1.82) is 0 Å². The Kier molecular flexibility index (Phi) is 18.9. The van der Waals surface area contributed by atoms with Crippen molar-refractivity contribution in [3.63, 3.8) is 0 Å². The van der Waals surface area contributed by atoms with Gasteiger partial charge in [0.15, 0.2) is 11.5 Å². The zero-order chi connectivity index (χ0) is 34.8. The SMILES string of the molecule is CC(=O)Oc1cc(C(O)CNC(C)(C)C)ccc1OC(=O)CCCCCC(C)(C)C.CC(C)Oc1ccccc1.CS(=O)(=O)O. The Labute approximate surface area is 270 Å². The van der Waals surface area contributed by atoms with Crippen LogP contribution in [-0.2, 0) is 19.7 Å². The second kappa shape index (κ2) is 20.2. The first-order valence-electron chi connectivity index (χ1n) is 15.2. The molecule has 0 fully saturated rings. The Bertz CT molecular complexity index is 1240. The summed E-state index contributed by atoms with van der Waals surface area (Å²) in [7, 11) is -3.67. The molecule has 0 amide bonds. The summed E-state index contributed by atoms with van der Waals surface area (Å²) >= 11 is 0. The summed E-state index contributed by atoms with van der Waals surface area (Å²) in [6.45, 7) is 18.3. The maximum atomic E-state index is 12.2. The van der Waals surface area contributed by atoms with Crippen LogP contribution in [0.2, 0.25) is 0 Å². The number of para-hydroxylation sites is 1. The monoisotopic (exact) mass is 653 g/mol. The van der Waals surface area contributed by atoms with Gasteiger partial charge >= 0.3 is 11.9 Å². The Hall–Kier alpha value is -2.99. The molecule has 0 aromatic heterocycles. The van der Waals surface area contributed by atoms with Gasteiger partial charge in [0.25, 0.3) is 10.1 Å². The van der Waals surface area contributed by atoms with Gasteiger partial charge in [0.1, 0.15) is 5.75 Å². The third-order valence-corrected chi connectivity index (χ3v) is 5.58. The van der Waals surface area contributed by atoms with E-state index in [1.165, 1.54) is 6.92 Å². The molecule has 1 atom stereocenters. The van der Waals surface area contributed by atoms with Gasteiger partial charge < -0.3 is 24.6 Å². The van der Waals surface area contributed by atoms with Crippen LogP contribution in [0.25, 0.3) is 0 Å². The third-order valence-electron chi connectivity index (χ3n) is 5.58. The number of benzene rings is 2. The summed E-state index contributed by atoms with van der Waals surface area (Å²) in [4.78, 5) is 23.7. The zero-order valence-corrected chi connectivity index (χ0v) is 29.5. The average molecular weight is 654 g/mol. The number of carbonyl (C=O) groups is 2. The largest absolute Gasteiger partial charge is 0.491 e. The summed E-state index contributed by atoms with van der Waals surface area (Å²) < 4.78 is 41.9. The molecule has 0 saturated heterocycles. The standard InChI is InChI=1S/C24H39NO5.C9H12O.CH4O3S/c1-17(26)29-21-15-18(19(27)16-25-24(5,6)7)12-13-20(21)30-22(28)11-9-8-10-14-23(2,3)4;1-8(2)10-9-6-4-3-5-7-9;1-5(2,3)4/h12-13,15,19,25,27H,8-11,14,16H2,1-7H3;3-8H,1-2H3;1H3,(H,2,3,4). The Balaban J connectivity index is 0.00000105. The summed E-state index contributed by atoms with van der Waals surface area (Å²) in [5, 5.41) is 13.7. The van der Waals surface area contributed by atoms with Gasteiger partial charge in [-0.1, -0.05) is 57.9 Å². The zero-order valence-electron chi connectivity index (χ0n) is 28.7. The lowest BCUT2D eigenvalue weighted by atomic mass is 9.89. The van der Waals surface area contributed by atoms with Gasteiger partial charge in [0, 0.05) is 25.4 Å². The van der Waals surface area contributed by atoms with Crippen LogP contribution >= 0.6 is 0 Å². The topological polar surface area (TPSA) is 148 Å². The molecule has 0 bridgehead atoms. The number of hydrogen-bond acceptors (Lipinski definition) is 9. The van der Waals surface area contributed by atoms with Crippen LogP contribution in [0.15, 0.2) is 48.5 Å². The molecule has 0 heterocycles. The molecule has 1 unspecified atom stereocenters. The molecular weight excluding hydrogens is 598 g/mol. The fourth-order valence-corrected chi connectivity index (χ4v) is 3.62. The molecule has 2 aromatic rings. The Morgan fingerprint density at radius 2 is 1.47 bits per heavy atom. The summed E-state index contributed by atoms with van der Waals surface area (Å²) in [6.07, 6.45) is 4.42. The minimum absolute atomic E-state index is 0.135. The highest BCUT2D eigenvalue weighted by Gasteiger charge is 2.18. The normalized spacial score (nSPS) is 12.2. The second-order valence-corrected chi connectivity index (χ2v) is 14.7. The highest BCUT2D eigenvalue weighted by Crippen LogP contribution is 2.31. The van der Waals surface area contributed by atoms with Crippen molar-refractivity contribution < 1.29 is 41.9 Å². The molecule has 45 heavy (non-hydrogen) atoms. The van der Waals surface area contributed by atoms with E-state index in [-0.39, 0.29) is 29.1 Å². The van der Waals surface area contributed by atoms with Crippen molar-refractivity contribution in [3.8, 4) is 17.2 Å². The lowest BCUT2D eigenvalue weighted by Gasteiger charge is -2.23. The summed E-state index contributed by atoms with van der Waals surface area (Å²) in [6, 6.07) is 14.6. The van der Waals surface area contributed by atoms with E-state index in [0.717, 1.165) is 31.4 Å². The highest BCUT2D eigenvalue weighted by molar-refractivity contribution is 7.85. The van der Waals surface area contributed by atoms with Gasteiger partial charge in [-0.25, -0.2) is 0 Å². The van der Waals surface area contributed by atoms with Crippen LogP contribution in [-0.4, -0.2) is 54.5 Å². The molecule has 0 aliphatic carbocycles. The predicted octanol–water partition coefficient (Wildman–Crippen LogP) is 6.91. The number of aliphatic hydroxyl groups is 1. The van der Waals surface area contributed by atoms with Crippen molar-refractivity contribution in [3.05, 3.63) is 54.1 Å². The van der Waals surface area contributed by atoms with E-state index in [0.29, 0.717) is 30.2 Å². The third kappa shape index (κ3) is 26.0. The van der Waals surface area contributed by atoms with E-state index in [4.69, 9.17) is 18.8 Å². The summed E-state index contributed by atoms with van der Waals surface area (Å²) in [5.41, 5.74) is 0.737. The number of carbonyl (C=O) groups excluding carboxylic acids is 2. The van der Waals surface area contributed by atoms with E-state index >= 15 is 0 Å². The quantitative estimate of drug-likeness (QED) is 0.0955. The van der Waals surface area contributed by atoms with Crippen molar-refractivity contribution in [2.75, 3.05) is 12.8 Å². The van der Waals surface area contributed by atoms with Crippen molar-refractivity contribution in [2.24, 2.45) is 5.41 Å². The van der Waals surface area contributed by atoms with Crippen molar-refractivity contribution in [2.45, 2.75) is 112 Å². The van der Waals surface area contributed by atoms with Crippen LogP contribution in [0.3, 0.4) is 0 Å². The van der Waals surface area contributed by atoms with Crippen LogP contribution in [0.1, 0.15) is 106 Å². The first kappa shape index (κ1) is 42.0. The Morgan fingerprint density at radius 1 is 0.889 bits per heavy atom. The van der Waals surface area contributed by atoms with E-state index < -0.39 is 22.2 Å². The summed E-state index contributed by atoms with van der Waals surface area (Å²) in [5.74, 6) is 0.383. The van der Waals surface area contributed by atoms with Gasteiger partial charge in [0.05, 0.1) is 18.5 Å². The maximum Gasteiger partial charge on any atom is 0.311 e. The average Bonchev–Trinajstić information content (AvgIpc) is 2.86. The van der Waals surface area contributed by atoms with E-state index in [9.17, 15) is 23.1 Å². The molecule has 256 valence electrons. The fraction of sp³-hybridized carbons (Fsp3) is 0.588. The number of hydrogen-bond donors (Lipinski definition) is 3. The smallest absolute Gasteiger partial charge is 0.311 e. The molecule has 10 nitrogen and oxygen atoms in total. The molecule has 3 N–H and O–H groups in total. The highest BCUT2D eigenvalue weighted by atomic mass is 32.2. The van der Waals surface area contributed by atoms with Gasteiger partial charge in [-0.15, -0.1) is 0 Å². The molecule has 0 radical (unpaired) electrons. The minimum Gasteiger partial charge on any atom is -0.491 e. The van der Waals surface area contributed by atoms with Gasteiger partial charge in [-0.2, -0.15) is 8.42 Å². The van der Waals surface area contributed by atoms with Gasteiger partial charge in [-0.3, -0.25) is 14.1 Å². The van der Waals surface area contributed by atoms with Crippen LogP contribution in [0.5, 0.6) is 17.2 Å². The first-order valence-corrected chi connectivity index (χ1v) is 17.0. The number of rotatable bonds is 12. The number of esters is 2. The fourth-order valence-electron chi connectivity index (χ4n) is 3.62. The minimum atomic E-state index is -3.67. The van der Waals surface area contributed by atoms with Gasteiger partial charge in [0.2, 0.25) is 0 Å². The second-order valence-electron chi connectivity index (χ2n) is 13.3. The van der Waals surface area contributed by atoms with Crippen molar-refractivity contribution in [1.82, 2.24) is 5.32 Å². The molecule has 0 spiro atoms. The lowest BCUT2D eigenvalue weighted by molar-refractivity contribution is -0.136. The number of unbranched alkanes of at least 4 members (excludes halogenated alkanes) is 2. The molecule has 0 aliphatic heterocycles. The van der Waals surface area contributed by atoms with Crippen molar-refractivity contribution >= 4 is 22.1 Å². The number of aliphatic hydroxyl groups excluding tert-OH is 1. The van der Waals surface area contributed by atoms with Crippen LogP contribution in [0, 0.1) is 5.41 Å². The number of β-amino-alcohol motifs (C(OH)–C–C–N with tert-alkyl or cyclic N) is 1. The van der Waals surface area contributed by atoms with E-state index in [1.54, 1.807) is 18.2 Å². The number of nitrogens with one attached hydrogen (secondary N) is 1. The Morgan fingerprint density at radius 3 is 1.96 bits per heavy atom. The molecule has 11 heteroatoms. The molecule has 0 saturated carbocycles. The lowest BCUT2D eigenvalue weighted by Crippen LogP contribution is -2.38. The number of ether oxygens (including phenoxy) is 3. The van der Waals surface area contributed by atoms with Crippen LogP contribution < -0.4 is 19.5 Å². The van der Waals surface area contributed by atoms with E-state index in [2.05, 4.69) is 26.1 Å². The van der Waals surface area contributed by atoms with Gasteiger partial charge in [-0.05, 0) is 82.7 Å². The maximum absolute atomic E-state index is 12.2. The first-order chi connectivity index (χ1) is 20.6. The molecule has 2 aromatic carbocycles.